The maximum Gasteiger partial charge on any atom is 0.293 e. The van der Waals surface area contributed by atoms with Gasteiger partial charge in [0.05, 0.1) is 5.51 Å². The predicted octanol–water partition coefficient (Wildman–Crippen LogP) is 1.59. The van der Waals surface area contributed by atoms with Gasteiger partial charge >= 0.3 is 0 Å². The van der Waals surface area contributed by atoms with Crippen LogP contribution >= 0.6 is 11.3 Å². The minimum Gasteiger partial charge on any atom is -0.467 e. The Morgan fingerprint density at radius 3 is 3.17 bits per heavy atom. The summed E-state index contributed by atoms with van der Waals surface area (Å²) in [6, 6.07) is 0. The number of carbonyl (C=O) groups excluding carboxylic acids is 1. The van der Waals surface area contributed by atoms with Crippen LogP contribution in [-0.4, -0.2) is 18.1 Å². The van der Waals surface area contributed by atoms with Gasteiger partial charge in [0, 0.05) is 17.0 Å². The molecule has 1 aromatic rings. The average molecular weight is 183 g/mol. The van der Waals surface area contributed by atoms with Crippen LogP contribution in [0.1, 0.15) is 10.8 Å². The molecule has 1 unspecified atom stereocenters. The van der Waals surface area contributed by atoms with Crippen molar-refractivity contribution in [3.63, 3.8) is 0 Å². The molecule has 1 aromatic heterocycles. The number of hydrogen-bond acceptors (Lipinski definition) is 4. The van der Waals surface area contributed by atoms with E-state index in [0.29, 0.717) is 13.1 Å². The fourth-order valence-corrected chi connectivity index (χ4v) is 1.52. The molecule has 1 rings (SSSR count). The van der Waals surface area contributed by atoms with E-state index in [2.05, 4.69) is 16.3 Å². The second-order valence-electron chi connectivity index (χ2n) is 2.18. The lowest BCUT2D eigenvalue weighted by atomic mass is 10.1. The zero-order chi connectivity index (χ0) is 8.81. The molecule has 0 N–H and O–H groups in total. The van der Waals surface area contributed by atoms with E-state index in [4.69, 9.17) is 0 Å². The second-order valence-corrected chi connectivity index (χ2v) is 3.09. The minimum absolute atomic E-state index is 0.0719. The highest BCUT2D eigenvalue weighted by molar-refractivity contribution is 7.09. The highest BCUT2D eigenvalue weighted by Gasteiger charge is 2.08. The van der Waals surface area contributed by atoms with Crippen LogP contribution < -0.4 is 0 Å². The zero-order valence-corrected chi connectivity index (χ0v) is 7.29. The predicted molar refractivity (Wildman–Crippen MR) is 47.1 cm³/mol. The van der Waals surface area contributed by atoms with Crippen LogP contribution in [0.2, 0.25) is 0 Å². The molecule has 0 bridgehead atoms. The summed E-state index contributed by atoms with van der Waals surface area (Å²) < 4.78 is 4.64. The van der Waals surface area contributed by atoms with Gasteiger partial charge in [-0.25, -0.2) is 0 Å². The Labute approximate surface area is 74.7 Å². The number of ether oxygens (including phenoxy) is 1. The highest BCUT2D eigenvalue weighted by Crippen LogP contribution is 2.20. The Morgan fingerprint density at radius 1 is 1.83 bits per heavy atom. The number of carbonyl (C=O) groups is 1. The number of thiazole rings is 1. The fourth-order valence-electron chi connectivity index (χ4n) is 0.818. The number of rotatable bonds is 5. The van der Waals surface area contributed by atoms with Crippen LogP contribution in [0.4, 0.5) is 0 Å². The molecule has 0 fully saturated rings. The molecule has 0 saturated heterocycles. The van der Waals surface area contributed by atoms with Crippen molar-refractivity contribution >= 4 is 17.8 Å². The van der Waals surface area contributed by atoms with Crippen molar-refractivity contribution in [1.82, 2.24) is 4.98 Å². The van der Waals surface area contributed by atoms with Crippen LogP contribution in [0.5, 0.6) is 0 Å². The molecule has 64 valence electrons. The normalized spacial score (nSPS) is 12.0. The summed E-state index contributed by atoms with van der Waals surface area (Å²) in [5, 5.41) is 0. The largest absolute Gasteiger partial charge is 0.467 e. The molecule has 0 amide bonds. The SMILES string of the molecule is C=CC(COC=O)c1cncs1. The third-order valence-electron chi connectivity index (χ3n) is 1.45. The first-order chi connectivity index (χ1) is 5.88. The van der Waals surface area contributed by atoms with E-state index in [1.165, 1.54) is 11.3 Å². The van der Waals surface area contributed by atoms with Crippen molar-refractivity contribution in [2.45, 2.75) is 5.92 Å². The quantitative estimate of drug-likeness (QED) is 0.514. The summed E-state index contributed by atoms with van der Waals surface area (Å²) in [5.41, 5.74) is 1.74. The van der Waals surface area contributed by atoms with Gasteiger partial charge < -0.3 is 4.74 Å². The fraction of sp³-hybridized carbons (Fsp3) is 0.250. The van der Waals surface area contributed by atoms with Gasteiger partial charge in [0.25, 0.3) is 6.47 Å². The molecule has 0 aliphatic heterocycles. The highest BCUT2D eigenvalue weighted by atomic mass is 32.1. The van der Waals surface area contributed by atoms with Crippen molar-refractivity contribution in [3.8, 4) is 0 Å². The second kappa shape index (κ2) is 4.66. The van der Waals surface area contributed by atoms with Gasteiger partial charge in [-0.05, 0) is 0 Å². The summed E-state index contributed by atoms with van der Waals surface area (Å²) in [7, 11) is 0. The standard InChI is InChI=1S/C8H9NO2S/c1-2-7(4-11-6-10)8-3-9-5-12-8/h2-3,5-7H,1,4H2. The summed E-state index contributed by atoms with van der Waals surface area (Å²) >= 11 is 1.53. The van der Waals surface area contributed by atoms with Crippen molar-refractivity contribution in [3.05, 3.63) is 29.2 Å². The molecule has 1 atom stereocenters. The molecule has 12 heavy (non-hydrogen) atoms. The van der Waals surface area contributed by atoms with Crippen LogP contribution in [0.3, 0.4) is 0 Å². The van der Waals surface area contributed by atoms with Gasteiger partial charge in [-0.3, -0.25) is 9.78 Å². The first-order valence-electron chi connectivity index (χ1n) is 3.44. The molecule has 0 saturated carbocycles. The number of hydrogen-bond donors (Lipinski definition) is 0. The van der Waals surface area contributed by atoms with Gasteiger partial charge in [0.2, 0.25) is 0 Å². The van der Waals surface area contributed by atoms with Gasteiger partial charge in [-0.1, -0.05) is 6.08 Å². The molecule has 3 nitrogen and oxygen atoms in total. The topological polar surface area (TPSA) is 39.2 Å². The van der Waals surface area contributed by atoms with Gasteiger partial charge in [-0.2, -0.15) is 0 Å². The third kappa shape index (κ3) is 2.17. The summed E-state index contributed by atoms with van der Waals surface area (Å²) in [4.78, 5) is 14.9. The maximum atomic E-state index is 9.93. The molecule has 0 aromatic carbocycles. The summed E-state index contributed by atoms with van der Waals surface area (Å²) in [6.45, 7) is 4.44. The Balaban J connectivity index is 2.56. The smallest absolute Gasteiger partial charge is 0.293 e. The molecule has 1 heterocycles. The molecular weight excluding hydrogens is 174 g/mol. The summed E-state index contributed by atoms with van der Waals surface area (Å²) in [6.07, 6.45) is 3.50. The van der Waals surface area contributed by atoms with Gasteiger partial charge in [0.15, 0.2) is 0 Å². The van der Waals surface area contributed by atoms with E-state index in [1.807, 2.05) is 0 Å². The number of nitrogens with zero attached hydrogens (tertiary/aromatic N) is 1. The Morgan fingerprint density at radius 2 is 2.67 bits per heavy atom. The van der Waals surface area contributed by atoms with Crippen LogP contribution in [0.25, 0.3) is 0 Å². The van der Waals surface area contributed by atoms with E-state index in [1.54, 1.807) is 17.8 Å². The van der Waals surface area contributed by atoms with E-state index in [-0.39, 0.29) is 5.92 Å². The van der Waals surface area contributed by atoms with Crippen molar-refractivity contribution in [2.75, 3.05) is 6.61 Å². The molecule has 0 radical (unpaired) electrons. The van der Waals surface area contributed by atoms with E-state index >= 15 is 0 Å². The third-order valence-corrected chi connectivity index (χ3v) is 2.35. The van der Waals surface area contributed by atoms with Gasteiger partial charge in [-0.15, -0.1) is 17.9 Å². The van der Waals surface area contributed by atoms with E-state index < -0.39 is 0 Å². The van der Waals surface area contributed by atoms with Crippen molar-refractivity contribution < 1.29 is 9.53 Å². The van der Waals surface area contributed by atoms with Crippen LogP contribution in [0.15, 0.2) is 24.4 Å². The summed E-state index contributed by atoms with van der Waals surface area (Å²) in [5.74, 6) is 0.0719. The van der Waals surface area contributed by atoms with Crippen LogP contribution in [-0.2, 0) is 9.53 Å². The Hall–Kier alpha value is -1.16. The lowest BCUT2D eigenvalue weighted by Gasteiger charge is -2.06. The Kier molecular flexibility index (Phi) is 3.47. The molecule has 4 heteroatoms. The number of aromatic nitrogens is 1. The Bertz CT molecular complexity index is 246. The molecular formula is C8H9NO2S. The first kappa shape index (κ1) is 8.93. The maximum absolute atomic E-state index is 9.93. The first-order valence-corrected chi connectivity index (χ1v) is 4.32. The monoisotopic (exact) mass is 183 g/mol. The van der Waals surface area contributed by atoms with E-state index in [0.717, 1.165) is 4.88 Å². The van der Waals surface area contributed by atoms with Gasteiger partial charge in [0.1, 0.15) is 6.61 Å². The zero-order valence-electron chi connectivity index (χ0n) is 6.47. The lowest BCUT2D eigenvalue weighted by Crippen LogP contribution is -2.02. The molecule has 0 aliphatic carbocycles. The lowest BCUT2D eigenvalue weighted by molar-refractivity contribution is -0.128. The van der Waals surface area contributed by atoms with Crippen LogP contribution in [0, 0.1) is 0 Å². The average Bonchev–Trinajstić information content (AvgIpc) is 2.59. The minimum atomic E-state index is 0.0719. The molecule has 0 spiro atoms. The van der Waals surface area contributed by atoms with Crippen molar-refractivity contribution in [1.29, 1.82) is 0 Å². The molecule has 0 aliphatic rings. The van der Waals surface area contributed by atoms with E-state index in [9.17, 15) is 4.79 Å². The van der Waals surface area contributed by atoms with Crippen molar-refractivity contribution in [2.24, 2.45) is 0 Å².